The van der Waals surface area contributed by atoms with Crippen LogP contribution in [0.25, 0.3) is 0 Å². The minimum atomic E-state index is 0.412. The maximum absolute atomic E-state index is 5.57. The van der Waals surface area contributed by atoms with E-state index in [9.17, 15) is 0 Å². The van der Waals surface area contributed by atoms with Crippen LogP contribution in [0.2, 0.25) is 0 Å². The van der Waals surface area contributed by atoms with E-state index < -0.39 is 0 Å². The Labute approximate surface area is 62.0 Å². The fraction of sp³-hybridized carbons (Fsp3) is 0.800. The second-order valence-corrected chi connectivity index (χ2v) is 4.40. The molecule has 0 aromatic carbocycles. The fourth-order valence-electron chi connectivity index (χ4n) is 3.75. The zero-order valence-electron chi connectivity index (χ0n) is 6.14. The lowest BCUT2D eigenvalue weighted by atomic mass is 9.82. The number of hydrogen-bond donors (Lipinski definition) is 0. The molecule has 0 aromatic heterocycles. The molecule has 4 aliphatic carbocycles. The summed E-state index contributed by atoms with van der Waals surface area (Å²) in [5.74, 6) is 6.08. The molecule has 4 bridgehead atoms. The average Bonchev–Trinajstić information content (AvgIpc) is 2.53. The summed E-state index contributed by atoms with van der Waals surface area (Å²) in [5, 5.41) is 0. The van der Waals surface area contributed by atoms with Gasteiger partial charge in [0.1, 0.15) is 0 Å². The van der Waals surface area contributed by atoms with Gasteiger partial charge in [0.2, 0.25) is 0 Å². The normalized spacial score (nSPS) is 61.7. The molecule has 52 valence electrons. The van der Waals surface area contributed by atoms with E-state index in [-0.39, 0.29) is 0 Å². The lowest BCUT2D eigenvalue weighted by molar-refractivity contribution is 0.348. The summed E-state index contributed by atoms with van der Waals surface area (Å²) in [7, 11) is 0. The van der Waals surface area contributed by atoms with Gasteiger partial charge >= 0.3 is 0 Å². The van der Waals surface area contributed by atoms with Gasteiger partial charge in [-0.15, -0.1) is 6.42 Å². The molecule has 0 radical (unpaired) electrons. The Morgan fingerprint density at radius 1 is 1.20 bits per heavy atom. The van der Waals surface area contributed by atoms with Crippen molar-refractivity contribution in [1.82, 2.24) is 0 Å². The molecule has 0 heterocycles. The molecule has 2 unspecified atom stereocenters. The summed E-state index contributed by atoms with van der Waals surface area (Å²) < 4.78 is 0. The van der Waals surface area contributed by atoms with Gasteiger partial charge in [-0.25, -0.2) is 0 Å². The van der Waals surface area contributed by atoms with Crippen LogP contribution in [-0.2, 0) is 0 Å². The predicted octanol–water partition coefficient (Wildman–Crippen LogP) is 2.06. The summed E-state index contributed by atoms with van der Waals surface area (Å²) in [6, 6.07) is 0. The fourth-order valence-corrected chi connectivity index (χ4v) is 3.75. The molecule has 2 atom stereocenters. The third-order valence-corrected chi connectivity index (χ3v) is 4.16. The molecule has 4 aliphatic rings. The van der Waals surface area contributed by atoms with Gasteiger partial charge in [0.15, 0.2) is 0 Å². The first-order valence-corrected chi connectivity index (χ1v) is 4.32. The SMILES string of the molecule is C#CC12CC3CC1CC3C2. The molecule has 0 heteroatoms. The van der Waals surface area contributed by atoms with Crippen molar-refractivity contribution >= 4 is 0 Å². The van der Waals surface area contributed by atoms with Crippen molar-refractivity contribution in [3.05, 3.63) is 0 Å². The molecule has 0 spiro atoms. The topological polar surface area (TPSA) is 0 Å². The Bertz CT molecular complexity index is 207. The average molecular weight is 132 g/mol. The van der Waals surface area contributed by atoms with Crippen LogP contribution in [0.15, 0.2) is 0 Å². The van der Waals surface area contributed by atoms with E-state index in [1.54, 1.807) is 0 Å². The van der Waals surface area contributed by atoms with E-state index >= 15 is 0 Å². The Hall–Kier alpha value is -0.440. The molecule has 0 aromatic rings. The number of rotatable bonds is 0. The Morgan fingerprint density at radius 3 is 2.00 bits per heavy atom. The van der Waals surface area contributed by atoms with E-state index in [4.69, 9.17) is 6.42 Å². The minimum absolute atomic E-state index is 0.412. The van der Waals surface area contributed by atoms with Crippen molar-refractivity contribution in [2.24, 2.45) is 23.2 Å². The van der Waals surface area contributed by atoms with Gasteiger partial charge in [0.25, 0.3) is 0 Å². The summed E-state index contributed by atoms with van der Waals surface area (Å²) >= 11 is 0. The maximum Gasteiger partial charge on any atom is 0.0345 e. The van der Waals surface area contributed by atoms with Crippen LogP contribution in [0.5, 0.6) is 0 Å². The largest absolute Gasteiger partial charge is 0.120 e. The standard InChI is InChI=1S/C10H12/c1-2-10-5-7-3-9(10)4-8(7)6-10/h1,7-9H,3-6H2. The Kier molecular flexibility index (Phi) is 0.670. The van der Waals surface area contributed by atoms with Gasteiger partial charge in [-0.1, -0.05) is 5.92 Å². The highest BCUT2D eigenvalue weighted by Crippen LogP contribution is 2.69. The first-order chi connectivity index (χ1) is 4.84. The second-order valence-electron chi connectivity index (χ2n) is 4.40. The second kappa shape index (κ2) is 1.28. The van der Waals surface area contributed by atoms with Crippen LogP contribution >= 0.6 is 0 Å². The van der Waals surface area contributed by atoms with Crippen molar-refractivity contribution in [2.45, 2.75) is 25.7 Å². The Balaban J connectivity index is 2.13. The van der Waals surface area contributed by atoms with Crippen molar-refractivity contribution < 1.29 is 0 Å². The van der Waals surface area contributed by atoms with Crippen LogP contribution in [0, 0.1) is 35.5 Å². The van der Waals surface area contributed by atoms with Crippen LogP contribution < -0.4 is 0 Å². The molecule has 0 aliphatic heterocycles. The molecule has 0 saturated heterocycles. The molecular weight excluding hydrogens is 120 g/mol. The Morgan fingerprint density at radius 2 is 1.80 bits per heavy atom. The molecule has 4 rings (SSSR count). The van der Waals surface area contributed by atoms with Gasteiger partial charge in [0.05, 0.1) is 0 Å². The van der Waals surface area contributed by atoms with E-state index in [0.29, 0.717) is 5.41 Å². The van der Waals surface area contributed by atoms with E-state index in [1.807, 2.05) is 0 Å². The van der Waals surface area contributed by atoms with Crippen LogP contribution in [0.1, 0.15) is 25.7 Å². The minimum Gasteiger partial charge on any atom is -0.120 e. The van der Waals surface area contributed by atoms with Gasteiger partial charge in [-0.2, -0.15) is 0 Å². The van der Waals surface area contributed by atoms with Crippen molar-refractivity contribution in [3.63, 3.8) is 0 Å². The van der Waals surface area contributed by atoms with Crippen molar-refractivity contribution in [1.29, 1.82) is 0 Å². The third kappa shape index (κ3) is 0.348. The highest BCUT2D eigenvalue weighted by Gasteiger charge is 2.62. The highest BCUT2D eigenvalue weighted by molar-refractivity contribution is 5.23. The zero-order valence-corrected chi connectivity index (χ0v) is 6.14. The molecule has 0 amide bonds. The number of hydrogen-bond acceptors (Lipinski definition) is 0. The van der Waals surface area contributed by atoms with Gasteiger partial charge in [0, 0.05) is 5.41 Å². The quantitative estimate of drug-likeness (QED) is 0.442. The molecule has 4 saturated carbocycles. The zero-order chi connectivity index (χ0) is 6.77. The van der Waals surface area contributed by atoms with Crippen LogP contribution in [0.3, 0.4) is 0 Å². The highest BCUT2D eigenvalue weighted by atomic mass is 14.6. The molecule has 10 heavy (non-hydrogen) atoms. The third-order valence-electron chi connectivity index (χ3n) is 4.16. The summed E-state index contributed by atoms with van der Waals surface area (Å²) in [6.45, 7) is 0. The smallest absolute Gasteiger partial charge is 0.0345 e. The first-order valence-electron chi connectivity index (χ1n) is 4.32. The lowest BCUT2D eigenvalue weighted by Gasteiger charge is -2.20. The van der Waals surface area contributed by atoms with Crippen molar-refractivity contribution in [2.75, 3.05) is 0 Å². The van der Waals surface area contributed by atoms with Crippen molar-refractivity contribution in [3.8, 4) is 12.3 Å². The lowest BCUT2D eigenvalue weighted by Crippen LogP contribution is -2.15. The van der Waals surface area contributed by atoms with E-state index in [0.717, 1.165) is 17.8 Å². The molecule has 0 nitrogen and oxygen atoms in total. The predicted molar refractivity (Wildman–Crippen MR) is 40.2 cm³/mol. The van der Waals surface area contributed by atoms with Gasteiger partial charge in [-0.3, -0.25) is 0 Å². The maximum atomic E-state index is 5.57. The van der Waals surface area contributed by atoms with E-state index in [2.05, 4.69) is 5.92 Å². The van der Waals surface area contributed by atoms with Gasteiger partial charge in [-0.05, 0) is 43.4 Å². The van der Waals surface area contributed by atoms with Crippen LogP contribution in [-0.4, -0.2) is 0 Å². The summed E-state index contributed by atoms with van der Waals surface area (Å²) in [6.07, 6.45) is 11.3. The van der Waals surface area contributed by atoms with E-state index in [1.165, 1.54) is 25.7 Å². The molecule has 0 N–H and O–H groups in total. The first kappa shape index (κ1) is 5.24. The summed E-state index contributed by atoms with van der Waals surface area (Å²) in [4.78, 5) is 0. The summed E-state index contributed by atoms with van der Waals surface area (Å²) in [5.41, 5.74) is 0.412. The molecule has 4 fully saturated rings. The number of terminal acetylenes is 1. The molecular formula is C10H12. The van der Waals surface area contributed by atoms with Crippen LogP contribution in [0.4, 0.5) is 0 Å². The monoisotopic (exact) mass is 132 g/mol. The van der Waals surface area contributed by atoms with Gasteiger partial charge < -0.3 is 0 Å².